The third-order valence-corrected chi connectivity index (χ3v) is 4.77. The number of rotatable bonds is 3. The van der Waals surface area contributed by atoms with Gasteiger partial charge < -0.3 is 15.7 Å². The first-order chi connectivity index (χ1) is 9.77. The van der Waals surface area contributed by atoms with Gasteiger partial charge in [-0.3, -0.25) is 10.1 Å². The molecule has 2 rings (SSSR count). The van der Waals surface area contributed by atoms with Crippen molar-refractivity contribution in [2.75, 3.05) is 16.8 Å². The van der Waals surface area contributed by atoms with Crippen LogP contribution < -0.4 is 10.6 Å². The van der Waals surface area contributed by atoms with Crippen molar-refractivity contribution in [3.63, 3.8) is 0 Å². The lowest BCUT2D eigenvalue weighted by Gasteiger charge is -2.12. The number of hydrogen-bond acceptors (Lipinski definition) is 6. The SMILES string of the molecule is O=C(Nc1cc([N+](=O)[O-])ccc1O)N[C@@H]1CCS(=O)(=O)C1. The Morgan fingerprint density at radius 3 is 2.71 bits per heavy atom. The van der Waals surface area contributed by atoms with Crippen LogP contribution in [0, 0.1) is 10.1 Å². The summed E-state index contributed by atoms with van der Waals surface area (Å²) >= 11 is 0. The molecule has 1 fully saturated rings. The second-order valence-corrected chi connectivity index (χ2v) is 6.89. The summed E-state index contributed by atoms with van der Waals surface area (Å²) in [4.78, 5) is 21.7. The summed E-state index contributed by atoms with van der Waals surface area (Å²) in [6.07, 6.45) is 0.316. The normalized spacial score (nSPS) is 19.9. The molecule has 1 aliphatic heterocycles. The second-order valence-electron chi connectivity index (χ2n) is 4.66. The van der Waals surface area contributed by atoms with Gasteiger partial charge in [-0.05, 0) is 12.5 Å². The average Bonchev–Trinajstić information content (AvgIpc) is 2.71. The van der Waals surface area contributed by atoms with Gasteiger partial charge in [0.1, 0.15) is 5.75 Å². The molecule has 0 aliphatic carbocycles. The van der Waals surface area contributed by atoms with Crippen molar-refractivity contribution in [1.82, 2.24) is 5.32 Å². The molecule has 0 aromatic heterocycles. The largest absolute Gasteiger partial charge is 0.506 e. The first kappa shape index (κ1) is 15.0. The summed E-state index contributed by atoms with van der Waals surface area (Å²) in [5.41, 5.74) is -0.408. The van der Waals surface area contributed by atoms with E-state index in [1.807, 2.05) is 0 Å². The number of phenolic OH excluding ortho intramolecular Hbond substituents is 1. The van der Waals surface area contributed by atoms with Gasteiger partial charge in [0, 0.05) is 18.2 Å². The van der Waals surface area contributed by atoms with E-state index in [1.54, 1.807) is 0 Å². The van der Waals surface area contributed by atoms with Crippen molar-refractivity contribution in [2.24, 2.45) is 0 Å². The molecule has 0 saturated carbocycles. The fraction of sp³-hybridized carbons (Fsp3) is 0.364. The van der Waals surface area contributed by atoms with Gasteiger partial charge in [0.25, 0.3) is 5.69 Å². The number of aromatic hydroxyl groups is 1. The van der Waals surface area contributed by atoms with Gasteiger partial charge >= 0.3 is 6.03 Å². The highest BCUT2D eigenvalue weighted by Crippen LogP contribution is 2.27. The van der Waals surface area contributed by atoms with Crippen molar-refractivity contribution >= 4 is 27.2 Å². The summed E-state index contributed by atoms with van der Waals surface area (Å²) in [5, 5.41) is 24.9. The minimum atomic E-state index is -3.12. The van der Waals surface area contributed by atoms with Crippen molar-refractivity contribution in [1.29, 1.82) is 0 Å². The third-order valence-electron chi connectivity index (χ3n) is 3.01. The number of non-ortho nitro benzene ring substituents is 1. The Kier molecular flexibility index (Phi) is 3.98. The molecule has 1 saturated heterocycles. The highest BCUT2D eigenvalue weighted by Gasteiger charge is 2.29. The van der Waals surface area contributed by atoms with E-state index >= 15 is 0 Å². The first-order valence-electron chi connectivity index (χ1n) is 6.02. The minimum Gasteiger partial charge on any atom is -0.506 e. The smallest absolute Gasteiger partial charge is 0.319 e. The number of carbonyl (C=O) groups is 1. The summed E-state index contributed by atoms with van der Waals surface area (Å²) in [6, 6.07) is 1.97. The van der Waals surface area contributed by atoms with Crippen LogP contribution in [0.2, 0.25) is 0 Å². The molecule has 1 aromatic rings. The number of benzene rings is 1. The van der Waals surface area contributed by atoms with Gasteiger partial charge in [-0.25, -0.2) is 13.2 Å². The molecule has 3 N–H and O–H groups in total. The molecule has 0 spiro atoms. The predicted octanol–water partition coefficient (Wildman–Crippen LogP) is 0.609. The van der Waals surface area contributed by atoms with E-state index in [0.717, 1.165) is 18.2 Å². The molecule has 1 aromatic carbocycles. The lowest BCUT2D eigenvalue weighted by Crippen LogP contribution is -2.38. The zero-order valence-corrected chi connectivity index (χ0v) is 11.6. The van der Waals surface area contributed by atoms with E-state index in [-0.39, 0.29) is 28.6 Å². The number of carbonyl (C=O) groups excluding carboxylic acids is 1. The Bertz CT molecular complexity index is 687. The van der Waals surface area contributed by atoms with Crippen LogP contribution in [0.1, 0.15) is 6.42 Å². The lowest BCUT2D eigenvalue weighted by molar-refractivity contribution is -0.384. The summed E-state index contributed by atoms with van der Waals surface area (Å²) in [7, 11) is -3.12. The van der Waals surface area contributed by atoms with Crippen molar-refractivity contribution in [3.05, 3.63) is 28.3 Å². The molecular formula is C11H13N3O6S. The third kappa shape index (κ3) is 3.81. The summed E-state index contributed by atoms with van der Waals surface area (Å²) < 4.78 is 22.5. The maximum atomic E-state index is 11.7. The van der Waals surface area contributed by atoms with Crippen molar-refractivity contribution < 1.29 is 23.2 Å². The molecule has 1 aliphatic rings. The Labute approximate surface area is 120 Å². The number of nitrogens with one attached hydrogen (secondary N) is 2. The van der Waals surface area contributed by atoms with Gasteiger partial charge in [0.2, 0.25) is 0 Å². The Balaban J connectivity index is 2.03. The highest BCUT2D eigenvalue weighted by atomic mass is 32.2. The van der Waals surface area contributed by atoms with E-state index in [1.165, 1.54) is 0 Å². The Hall–Kier alpha value is -2.36. The van der Waals surface area contributed by atoms with Crippen LogP contribution in [-0.2, 0) is 9.84 Å². The molecule has 114 valence electrons. The number of nitro groups is 1. The van der Waals surface area contributed by atoms with Crippen LogP contribution in [-0.4, -0.2) is 42.0 Å². The van der Waals surface area contributed by atoms with Crippen LogP contribution >= 0.6 is 0 Å². The van der Waals surface area contributed by atoms with Gasteiger partial charge in [0.15, 0.2) is 9.84 Å². The Morgan fingerprint density at radius 2 is 2.14 bits per heavy atom. The molecule has 10 heteroatoms. The molecule has 1 heterocycles. The molecule has 1 atom stereocenters. The molecule has 21 heavy (non-hydrogen) atoms. The predicted molar refractivity (Wildman–Crippen MR) is 74.0 cm³/mol. The van der Waals surface area contributed by atoms with Crippen molar-refractivity contribution in [2.45, 2.75) is 12.5 Å². The maximum absolute atomic E-state index is 11.7. The highest BCUT2D eigenvalue weighted by molar-refractivity contribution is 7.91. The topological polar surface area (TPSA) is 139 Å². The lowest BCUT2D eigenvalue weighted by atomic mass is 10.2. The summed E-state index contributed by atoms with van der Waals surface area (Å²) in [6.45, 7) is 0. The number of phenols is 1. The Morgan fingerprint density at radius 1 is 1.43 bits per heavy atom. The second kappa shape index (κ2) is 5.56. The van der Waals surface area contributed by atoms with Crippen LogP contribution in [0.25, 0.3) is 0 Å². The number of sulfone groups is 1. The standard InChI is InChI=1S/C11H13N3O6S/c15-10-2-1-8(14(17)18)5-9(10)13-11(16)12-7-3-4-21(19,20)6-7/h1-2,5,7,15H,3-4,6H2,(H2,12,13,16)/t7-/m1/s1. The number of hydrogen-bond donors (Lipinski definition) is 3. The van der Waals surface area contributed by atoms with Crippen molar-refractivity contribution in [3.8, 4) is 5.75 Å². The summed E-state index contributed by atoms with van der Waals surface area (Å²) in [5.74, 6) is -0.448. The fourth-order valence-corrected chi connectivity index (χ4v) is 3.66. The van der Waals surface area contributed by atoms with E-state index in [2.05, 4.69) is 10.6 Å². The van der Waals surface area contributed by atoms with Crippen LogP contribution in [0.5, 0.6) is 5.75 Å². The average molecular weight is 315 g/mol. The van der Waals surface area contributed by atoms with Gasteiger partial charge in [0.05, 0.1) is 22.1 Å². The molecular weight excluding hydrogens is 302 g/mol. The number of nitrogens with zero attached hydrogens (tertiary/aromatic N) is 1. The van der Waals surface area contributed by atoms with E-state index < -0.39 is 26.8 Å². The zero-order valence-electron chi connectivity index (χ0n) is 10.8. The van der Waals surface area contributed by atoms with Crippen LogP contribution in [0.3, 0.4) is 0 Å². The minimum absolute atomic E-state index is 0.0139. The number of urea groups is 1. The fourth-order valence-electron chi connectivity index (χ4n) is 1.99. The van der Waals surface area contributed by atoms with E-state index in [9.17, 15) is 28.4 Å². The molecule has 2 amide bonds. The zero-order chi connectivity index (χ0) is 15.6. The quantitative estimate of drug-likeness (QED) is 0.424. The molecule has 0 unspecified atom stereocenters. The first-order valence-corrected chi connectivity index (χ1v) is 7.84. The maximum Gasteiger partial charge on any atom is 0.319 e. The van der Waals surface area contributed by atoms with E-state index in [4.69, 9.17) is 0 Å². The van der Waals surface area contributed by atoms with Crippen LogP contribution in [0.4, 0.5) is 16.2 Å². The molecule has 0 radical (unpaired) electrons. The van der Waals surface area contributed by atoms with Crippen LogP contribution in [0.15, 0.2) is 18.2 Å². The van der Waals surface area contributed by atoms with Gasteiger partial charge in [-0.2, -0.15) is 0 Å². The van der Waals surface area contributed by atoms with E-state index in [0.29, 0.717) is 6.42 Å². The monoisotopic (exact) mass is 315 g/mol. The number of amides is 2. The number of anilines is 1. The van der Waals surface area contributed by atoms with Gasteiger partial charge in [-0.15, -0.1) is 0 Å². The number of nitro benzene ring substituents is 1. The molecule has 0 bridgehead atoms. The van der Waals surface area contributed by atoms with Gasteiger partial charge in [-0.1, -0.05) is 0 Å². The molecule has 9 nitrogen and oxygen atoms in total.